The molecule has 90 valence electrons. The van der Waals surface area contributed by atoms with Crippen molar-refractivity contribution < 1.29 is 0 Å². The number of nitrogens with two attached hydrogens (primary N) is 1. The Morgan fingerprint density at radius 3 is 2.53 bits per heavy atom. The molecule has 0 bridgehead atoms. The number of hydrogen-bond donors (Lipinski definition) is 1. The van der Waals surface area contributed by atoms with Gasteiger partial charge in [0.25, 0.3) is 0 Å². The average molecular weight is 463 g/mol. The van der Waals surface area contributed by atoms with Crippen LogP contribution in [0.25, 0.3) is 0 Å². The van der Waals surface area contributed by atoms with E-state index in [1.807, 2.05) is 24.3 Å². The molecule has 0 aliphatic carbocycles. The monoisotopic (exact) mass is 461 g/mol. The Labute approximate surface area is 136 Å². The Kier molecular flexibility index (Phi) is 4.77. The van der Waals surface area contributed by atoms with Gasteiger partial charge in [-0.2, -0.15) is 0 Å². The van der Waals surface area contributed by atoms with Crippen LogP contribution in [-0.2, 0) is 0 Å². The molecule has 2 aromatic rings. The predicted octanol–water partition coefficient (Wildman–Crippen LogP) is 5.47. The summed E-state index contributed by atoms with van der Waals surface area (Å²) >= 11 is 19.1. The normalized spacial score (nSPS) is 12.8. The van der Waals surface area contributed by atoms with E-state index in [4.69, 9.17) is 28.9 Å². The maximum atomic E-state index is 6.23. The van der Waals surface area contributed by atoms with Crippen LogP contribution in [0.5, 0.6) is 0 Å². The number of rotatable bonds is 2. The van der Waals surface area contributed by atoms with Gasteiger partial charge in [0, 0.05) is 13.6 Å². The molecule has 1 atom stereocenters. The lowest BCUT2D eigenvalue weighted by atomic mass is 10.0. The number of benzene rings is 1. The highest BCUT2D eigenvalue weighted by molar-refractivity contribution is 14.1. The third-order valence-electron chi connectivity index (χ3n) is 2.31. The zero-order chi connectivity index (χ0) is 12.6. The first kappa shape index (κ1) is 14.1. The van der Waals surface area contributed by atoms with Crippen molar-refractivity contribution in [3.8, 4) is 0 Å². The first-order valence-electron chi connectivity index (χ1n) is 4.64. The third kappa shape index (κ3) is 3.16. The summed E-state index contributed by atoms with van der Waals surface area (Å²) in [6.45, 7) is 0. The molecule has 0 spiro atoms. The summed E-state index contributed by atoms with van der Waals surface area (Å²) in [5.41, 5.74) is 8.10. The van der Waals surface area contributed by atoms with Crippen LogP contribution in [0.1, 0.15) is 17.2 Å². The van der Waals surface area contributed by atoms with Crippen LogP contribution in [0.3, 0.4) is 0 Å². The van der Waals surface area contributed by atoms with Crippen LogP contribution in [0.15, 0.2) is 28.7 Å². The molecule has 0 saturated carbocycles. The summed E-state index contributed by atoms with van der Waals surface area (Å²) in [5.74, 6) is 0. The van der Waals surface area contributed by atoms with E-state index in [1.165, 1.54) is 11.3 Å². The van der Waals surface area contributed by atoms with Gasteiger partial charge in [-0.3, -0.25) is 0 Å². The van der Waals surface area contributed by atoms with Gasteiger partial charge in [0.05, 0.1) is 14.7 Å². The van der Waals surface area contributed by atoms with Gasteiger partial charge in [-0.25, -0.2) is 0 Å². The Balaban J connectivity index is 2.46. The second-order valence-electron chi connectivity index (χ2n) is 3.42. The number of hydrogen-bond acceptors (Lipinski definition) is 2. The van der Waals surface area contributed by atoms with Crippen LogP contribution >= 0.6 is 73.1 Å². The van der Waals surface area contributed by atoms with E-state index < -0.39 is 0 Å². The smallest absolute Gasteiger partial charge is 0.0995 e. The second kappa shape index (κ2) is 5.75. The quantitative estimate of drug-likeness (QED) is 0.588. The van der Waals surface area contributed by atoms with Gasteiger partial charge in [0.2, 0.25) is 0 Å². The molecule has 1 unspecified atom stereocenters. The lowest BCUT2D eigenvalue weighted by Gasteiger charge is -2.13. The molecule has 1 aromatic heterocycles. The summed E-state index contributed by atoms with van der Waals surface area (Å²) in [7, 11) is 0. The Bertz CT molecular complexity index is 558. The zero-order valence-corrected chi connectivity index (χ0v) is 14.5. The fourth-order valence-corrected chi connectivity index (χ4v) is 4.04. The molecular formula is C11H7BrCl2INS. The minimum Gasteiger partial charge on any atom is -0.320 e. The highest BCUT2D eigenvalue weighted by Crippen LogP contribution is 2.38. The minimum atomic E-state index is -0.268. The zero-order valence-electron chi connectivity index (χ0n) is 8.38. The van der Waals surface area contributed by atoms with E-state index in [9.17, 15) is 0 Å². The number of thiophene rings is 1. The molecule has 17 heavy (non-hydrogen) atoms. The lowest BCUT2D eigenvalue weighted by molar-refractivity contribution is 0.870. The van der Waals surface area contributed by atoms with Gasteiger partial charge in [-0.15, -0.1) is 11.3 Å². The van der Waals surface area contributed by atoms with Crippen molar-refractivity contribution in [3.05, 3.63) is 52.1 Å². The standard InChI is InChI=1S/C11H7BrCl2INS/c12-8-2-1-5(15)3-6(8)10(16)7-4-9(13)17-11(7)14/h1-4,10H,16H2. The molecule has 2 rings (SSSR count). The van der Waals surface area contributed by atoms with Crippen molar-refractivity contribution in [2.24, 2.45) is 5.73 Å². The minimum absolute atomic E-state index is 0.268. The third-order valence-corrected chi connectivity index (χ3v) is 5.22. The van der Waals surface area contributed by atoms with Crippen molar-refractivity contribution in [2.45, 2.75) is 6.04 Å². The van der Waals surface area contributed by atoms with E-state index in [0.717, 1.165) is 19.2 Å². The molecular weight excluding hydrogens is 456 g/mol. The highest BCUT2D eigenvalue weighted by atomic mass is 127. The first-order chi connectivity index (χ1) is 7.99. The van der Waals surface area contributed by atoms with Gasteiger partial charge < -0.3 is 5.73 Å². The SMILES string of the molecule is NC(c1cc(I)ccc1Br)c1cc(Cl)sc1Cl. The maximum Gasteiger partial charge on any atom is 0.0995 e. The Morgan fingerprint density at radius 1 is 1.24 bits per heavy atom. The van der Waals surface area contributed by atoms with Crippen LogP contribution in [0.4, 0.5) is 0 Å². The molecule has 0 amide bonds. The first-order valence-corrected chi connectivity index (χ1v) is 8.08. The van der Waals surface area contributed by atoms with Crippen molar-refractivity contribution in [3.63, 3.8) is 0 Å². The van der Waals surface area contributed by atoms with Gasteiger partial charge in [0.1, 0.15) is 0 Å². The van der Waals surface area contributed by atoms with E-state index in [1.54, 1.807) is 0 Å². The fraction of sp³-hybridized carbons (Fsp3) is 0.0909. The summed E-state index contributed by atoms with van der Waals surface area (Å²) in [6, 6.07) is 7.60. The molecule has 6 heteroatoms. The Morgan fingerprint density at radius 2 is 1.94 bits per heavy atom. The summed E-state index contributed by atoms with van der Waals surface area (Å²) < 4.78 is 3.41. The van der Waals surface area contributed by atoms with Gasteiger partial charge in [-0.05, 0) is 52.4 Å². The largest absolute Gasteiger partial charge is 0.320 e. The summed E-state index contributed by atoms with van der Waals surface area (Å²) in [5, 5.41) is 0. The van der Waals surface area contributed by atoms with Crippen LogP contribution in [-0.4, -0.2) is 0 Å². The summed E-state index contributed by atoms with van der Waals surface area (Å²) in [6.07, 6.45) is 0. The second-order valence-corrected chi connectivity index (χ2v) is 7.81. The molecule has 0 fully saturated rings. The van der Waals surface area contributed by atoms with E-state index >= 15 is 0 Å². The van der Waals surface area contributed by atoms with Gasteiger partial charge in [-0.1, -0.05) is 39.1 Å². The topological polar surface area (TPSA) is 26.0 Å². The molecule has 1 heterocycles. The average Bonchev–Trinajstić information content (AvgIpc) is 2.60. The van der Waals surface area contributed by atoms with E-state index in [0.29, 0.717) is 8.67 Å². The lowest BCUT2D eigenvalue weighted by Crippen LogP contribution is -2.12. The molecule has 1 nitrogen and oxygen atoms in total. The van der Waals surface area contributed by atoms with Crippen LogP contribution < -0.4 is 5.73 Å². The van der Waals surface area contributed by atoms with Crippen LogP contribution in [0.2, 0.25) is 8.67 Å². The summed E-state index contributed by atoms with van der Waals surface area (Å²) in [4.78, 5) is 0. The van der Waals surface area contributed by atoms with Gasteiger partial charge in [0.15, 0.2) is 0 Å². The Hall–Kier alpha value is 0.670. The van der Waals surface area contributed by atoms with Crippen LogP contribution in [0, 0.1) is 3.57 Å². The van der Waals surface area contributed by atoms with Crippen molar-refractivity contribution in [1.82, 2.24) is 0 Å². The van der Waals surface area contributed by atoms with Crippen molar-refractivity contribution in [1.29, 1.82) is 0 Å². The molecule has 0 radical (unpaired) electrons. The van der Waals surface area contributed by atoms with Crippen molar-refractivity contribution in [2.75, 3.05) is 0 Å². The molecule has 0 aliphatic rings. The van der Waals surface area contributed by atoms with E-state index in [-0.39, 0.29) is 6.04 Å². The predicted molar refractivity (Wildman–Crippen MR) is 87.2 cm³/mol. The molecule has 0 saturated heterocycles. The highest BCUT2D eigenvalue weighted by Gasteiger charge is 2.18. The van der Waals surface area contributed by atoms with Gasteiger partial charge >= 0.3 is 0 Å². The molecule has 2 N–H and O–H groups in total. The maximum absolute atomic E-state index is 6.23. The van der Waals surface area contributed by atoms with E-state index in [2.05, 4.69) is 38.5 Å². The molecule has 1 aromatic carbocycles. The van der Waals surface area contributed by atoms with Crippen molar-refractivity contribution >= 4 is 73.1 Å². The molecule has 0 aliphatic heterocycles. The fourth-order valence-electron chi connectivity index (χ4n) is 1.49. The number of halogens is 4.